The van der Waals surface area contributed by atoms with Crippen molar-refractivity contribution >= 4 is 23.2 Å². The normalized spacial score (nSPS) is 18.9. The van der Waals surface area contributed by atoms with Crippen LogP contribution >= 0.6 is 0 Å². The van der Waals surface area contributed by atoms with Gasteiger partial charge in [-0.2, -0.15) is 0 Å². The Kier molecular flexibility index (Phi) is 9.58. The molecule has 0 bridgehead atoms. The van der Waals surface area contributed by atoms with Crippen molar-refractivity contribution in [2.45, 2.75) is 57.8 Å². The second-order valence-electron chi connectivity index (χ2n) is 12.0. The lowest BCUT2D eigenvalue weighted by molar-refractivity contribution is -0.133. The number of ether oxygens (including phenoxy) is 1. The molecular formula is C34H40FN5O5. The second-order valence-corrected chi connectivity index (χ2v) is 12.0. The summed E-state index contributed by atoms with van der Waals surface area (Å²) in [5.41, 5.74) is 4.68. The number of aliphatic hydroxyl groups excluding tert-OH is 1. The standard InChI is InChI=1S/C34H40FN5O5/c1-22-6-2-3-8-25(22)18-23-7-4-13-39(15-11-23)30-20-27(35)26(31(41)36-12-5-14-40-16-17-44-34(40)43)19-28(30)37-32(42)29-21-45-33(38-29)24-9-10-24/h2-3,6-8,19-21,24,34,43H,4-5,9-18H2,1H3,(H,36,41)(H,37,42). The highest BCUT2D eigenvalue weighted by atomic mass is 19.1. The van der Waals surface area contributed by atoms with Crippen molar-refractivity contribution in [1.82, 2.24) is 15.2 Å². The Morgan fingerprint density at radius 3 is 2.76 bits per heavy atom. The number of nitrogens with zero attached hydrogens (tertiary/aromatic N) is 3. The summed E-state index contributed by atoms with van der Waals surface area (Å²) in [7, 11) is 0. The highest BCUT2D eigenvalue weighted by Gasteiger charge is 2.30. The number of carbonyl (C=O) groups excluding carboxylic acids is 2. The molecule has 10 nitrogen and oxygen atoms in total. The molecule has 238 valence electrons. The lowest BCUT2D eigenvalue weighted by Crippen LogP contribution is -2.33. The summed E-state index contributed by atoms with van der Waals surface area (Å²) in [6, 6.07) is 11.1. The van der Waals surface area contributed by atoms with Crippen LogP contribution in [0.3, 0.4) is 0 Å². The van der Waals surface area contributed by atoms with Gasteiger partial charge in [-0.1, -0.05) is 35.9 Å². The van der Waals surface area contributed by atoms with E-state index in [-0.39, 0.29) is 23.7 Å². The average molecular weight is 618 g/mol. The van der Waals surface area contributed by atoms with E-state index in [0.717, 1.165) is 32.1 Å². The molecule has 3 N–H and O–H groups in total. The lowest BCUT2D eigenvalue weighted by Gasteiger charge is -2.26. The van der Waals surface area contributed by atoms with Gasteiger partial charge in [0.05, 0.1) is 23.5 Å². The summed E-state index contributed by atoms with van der Waals surface area (Å²) in [4.78, 5) is 34.6. The largest absolute Gasteiger partial charge is 0.448 e. The Labute approximate surface area is 262 Å². The van der Waals surface area contributed by atoms with Crippen LogP contribution in [-0.4, -0.2) is 72.5 Å². The van der Waals surface area contributed by atoms with Crippen LogP contribution in [0.4, 0.5) is 15.8 Å². The van der Waals surface area contributed by atoms with Crippen molar-refractivity contribution in [3.8, 4) is 0 Å². The minimum atomic E-state index is -0.936. The topological polar surface area (TPSA) is 120 Å². The number of aliphatic hydroxyl groups is 1. The van der Waals surface area contributed by atoms with Gasteiger partial charge in [0, 0.05) is 44.7 Å². The fraction of sp³-hybridized carbons (Fsp3) is 0.441. The van der Waals surface area contributed by atoms with E-state index in [1.165, 1.54) is 35.1 Å². The number of amides is 2. The van der Waals surface area contributed by atoms with Crippen LogP contribution in [0.25, 0.3) is 0 Å². The zero-order valence-corrected chi connectivity index (χ0v) is 25.6. The van der Waals surface area contributed by atoms with Crippen LogP contribution in [0.5, 0.6) is 0 Å². The van der Waals surface area contributed by atoms with Crippen molar-refractivity contribution in [3.05, 3.63) is 88.4 Å². The average Bonchev–Trinajstić information content (AvgIpc) is 3.69. The molecule has 3 aliphatic rings. The maximum absolute atomic E-state index is 15.6. The highest BCUT2D eigenvalue weighted by Crippen LogP contribution is 2.39. The van der Waals surface area contributed by atoms with E-state index in [9.17, 15) is 14.7 Å². The summed E-state index contributed by atoms with van der Waals surface area (Å²) in [6.45, 7) is 5.26. The van der Waals surface area contributed by atoms with Gasteiger partial charge < -0.3 is 29.8 Å². The molecule has 1 unspecified atom stereocenters. The van der Waals surface area contributed by atoms with Crippen molar-refractivity contribution < 1.29 is 28.2 Å². The van der Waals surface area contributed by atoms with Crippen molar-refractivity contribution in [1.29, 1.82) is 0 Å². The number of benzene rings is 2. The number of aryl methyl sites for hydroxylation is 1. The van der Waals surface area contributed by atoms with Gasteiger partial charge in [-0.25, -0.2) is 9.37 Å². The first-order valence-corrected chi connectivity index (χ1v) is 15.8. The van der Waals surface area contributed by atoms with E-state index in [1.807, 2.05) is 6.07 Å². The zero-order chi connectivity index (χ0) is 31.3. The maximum atomic E-state index is 15.6. The molecule has 3 heterocycles. The summed E-state index contributed by atoms with van der Waals surface area (Å²) in [6.07, 6.45) is 7.61. The molecule has 2 amide bonds. The fourth-order valence-electron chi connectivity index (χ4n) is 5.86. The number of oxazole rings is 1. The van der Waals surface area contributed by atoms with Crippen LogP contribution < -0.4 is 15.5 Å². The third-order valence-electron chi connectivity index (χ3n) is 8.68. The molecule has 3 aromatic rings. The first kappa shape index (κ1) is 30.9. The highest BCUT2D eigenvalue weighted by molar-refractivity contribution is 6.06. The monoisotopic (exact) mass is 617 g/mol. The number of rotatable bonds is 11. The van der Waals surface area contributed by atoms with Gasteiger partial charge in [0.25, 0.3) is 11.8 Å². The van der Waals surface area contributed by atoms with Gasteiger partial charge in [-0.3, -0.25) is 14.5 Å². The van der Waals surface area contributed by atoms with Crippen LogP contribution in [0.2, 0.25) is 0 Å². The van der Waals surface area contributed by atoms with E-state index in [1.54, 1.807) is 4.90 Å². The number of anilines is 2. The SMILES string of the molecule is Cc1ccccc1CC1=CCCN(c2cc(F)c(C(=O)NCCCN3CCOC3O)cc2NC(=O)c2coc(C3CC3)n2)CC1. The van der Waals surface area contributed by atoms with Crippen LogP contribution in [0.1, 0.15) is 75.9 Å². The number of hydrogen-bond donors (Lipinski definition) is 3. The van der Waals surface area contributed by atoms with Crippen molar-refractivity contribution in [2.24, 2.45) is 0 Å². The van der Waals surface area contributed by atoms with Gasteiger partial charge >= 0.3 is 0 Å². The molecule has 1 saturated heterocycles. The molecule has 2 aliphatic heterocycles. The number of nitrogens with one attached hydrogen (secondary N) is 2. The molecule has 2 aromatic carbocycles. The quantitative estimate of drug-likeness (QED) is 0.208. The lowest BCUT2D eigenvalue weighted by atomic mass is 9.98. The van der Waals surface area contributed by atoms with E-state index in [4.69, 9.17) is 9.15 Å². The van der Waals surface area contributed by atoms with Crippen LogP contribution in [-0.2, 0) is 11.2 Å². The van der Waals surface area contributed by atoms with E-state index in [0.29, 0.717) is 56.5 Å². The predicted molar refractivity (Wildman–Crippen MR) is 168 cm³/mol. The second kappa shape index (κ2) is 13.9. The first-order valence-electron chi connectivity index (χ1n) is 15.8. The molecule has 6 rings (SSSR count). The van der Waals surface area contributed by atoms with Gasteiger partial charge in [0.15, 0.2) is 11.6 Å². The first-order chi connectivity index (χ1) is 21.9. The summed E-state index contributed by atoms with van der Waals surface area (Å²) in [5.74, 6) is -0.929. The Morgan fingerprint density at radius 2 is 1.98 bits per heavy atom. The zero-order valence-electron chi connectivity index (χ0n) is 25.6. The van der Waals surface area contributed by atoms with E-state index < -0.39 is 24.0 Å². The van der Waals surface area contributed by atoms with Gasteiger partial charge in [-0.15, -0.1) is 0 Å². The van der Waals surface area contributed by atoms with E-state index in [2.05, 4.69) is 51.7 Å². The molecule has 1 saturated carbocycles. The molecule has 1 aliphatic carbocycles. The Morgan fingerprint density at radius 1 is 1.13 bits per heavy atom. The van der Waals surface area contributed by atoms with Gasteiger partial charge in [-0.05, 0) is 62.6 Å². The molecule has 1 atom stereocenters. The molecule has 1 aromatic heterocycles. The number of carbonyl (C=O) groups is 2. The number of aromatic nitrogens is 1. The van der Waals surface area contributed by atoms with Crippen molar-refractivity contribution in [2.75, 3.05) is 49.5 Å². The minimum Gasteiger partial charge on any atom is -0.448 e. The Balaban J connectivity index is 1.18. The summed E-state index contributed by atoms with van der Waals surface area (Å²) in [5, 5.41) is 15.4. The molecular weight excluding hydrogens is 577 g/mol. The minimum absolute atomic E-state index is 0.143. The number of halogens is 1. The molecule has 45 heavy (non-hydrogen) atoms. The van der Waals surface area contributed by atoms with E-state index >= 15 is 4.39 Å². The molecule has 2 fully saturated rings. The third kappa shape index (κ3) is 7.61. The van der Waals surface area contributed by atoms with Crippen molar-refractivity contribution in [3.63, 3.8) is 0 Å². The van der Waals surface area contributed by atoms with Crippen LogP contribution in [0.15, 0.2) is 58.7 Å². The number of hydrogen-bond acceptors (Lipinski definition) is 8. The van der Waals surface area contributed by atoms with Gasteiger partial charge in [0.2, 0.25) is 6.41 Å². The Hall–Kier alpha value is -4.06. The molecule has 0 spiro atoms. The summed E-state index contributed by atoms with van der Waals surface area (Å²) >= 11 is 0. The predicted octanol–water partition coefficient (Wildman–Crippen LogP) is 4.75. The maximum Gasteiger partial charge on any atom is 0.277 e. The third-order valence-corrected chi connectivity index (χ3v) is 8.68. The smallest absolute Gasteiger partial charge is 0.277 e. The van der Waals surface area contributed by atoms with Gasteiger partial charge in [0.1, 0.15) is 12.1 Å². The summed E-state index contributed by atoms with van der Waals surface area (Å²) < 4.78 is 26.3. The Bertz CT molecular complexity index is 1570. The van der Waals surface area contributed by atoms with Crippen LogP contribution in [0, 0.1) is 12.7 Å². The fourth-order valence-corrected chi connectivity index (χ4v) is 5.86. The molecule has 11 heteroatoms. The molecule has 0 radical (unpaired) electrons.